The van der Waals surface area contributed by atoms with Crippen molar-refractivity contribution in [3.05, 3.63) is 0 Å². The van der Waals surface area contributed by atoms with Gasteiger partial charge in [0.2, 0.25) is 11.8 Å². The molecule has 0 radical (unpaired) electrons. The molecule has 0 bridgehead atoms. The summed E-state index contributed by atoms with van der Waals surface area (Å²) >= 11 is 0. The molecule has 1 aliphatic heterocycles. The van der Waals surface area contributed by atoms with E-state index in [-0.39, 0.29) is 11.9 Å². The van der Waals surface area contributed by atoms with Gasteiger partial charge in [0.1, 0.15) is 12.6 Å². The van der Waals surface area contributed by atoms with Crippen LogP contribution in [0, 0.1) is 0 Å². The first-order valence-corrected chi connectivity index (χ1v) is 6.13. The van der Waals surface area contributed by atoms with Crippen LogP contribution in [0.5, 0.6) is 0 Å². The summed E-state index contributed by atoms with van der Waals surface area (Å²) in [6.45, 7) is 1.54. The van der Waals surface area contributed by atoms with Crippen molar-refractivity contribution in [2.45, 2.75) is 38.0 Å². The average Bonchev–Trinajstić information content (AvgIpc) is 2.86. The lowest BCUT2D eigenvalue weighted by Crippen LogP contribution is -2.56. The summed E-state index contributed by atoms with van der Waals surface area (Å²) in [6, 6.07) is -1.53. The van der Waals surface area contributed by atoms with Crippen LogP contribution >= 0.6 is 0 Å². The van der Waals surface area contributed by atoms with Gasteiger partial charge in [-0.05, 0) is 26.3 Å². The van der Waals surface area contributed by atoms with Gasteiger partial charge in [-0.3, -0.25) is 14.4 Å². The van der Waals surface area contributed by atoms with Gasteiger partial charge in [0.25, 0.3) is 0 Å². The van der Waals surface area contributed by atoms with Gasteiger partial charge in [0.05, 0.1) is 12.1 Å². The third-order valence-corrected chi connectivity index (χ3v) is 2.85. The Hall–Kier alpha value is -1.67. The van der Waals surface area contributed by atoms with E-state index in [1.165, 1.54) is 6.92 Å². The summed E-state index contributed by atoms with van der Waals surface area (Å²) in [5.74, 6) is -2.28. The van der Waals surface area contributed by atoms with Crippen molar-refractivity contribution in [3.63, 3.8) is 0 Å². The molecule has 0 unspecified atom stereocenters. The summed E-state index contributed by atoms with van der Waals surface area (Å²) in [5, 5.41) is 25.5. The standard InChI is InChI=1S/C11H19N3O5/c1-6(15)9(11(19)13-5-8(16)17)14-10(18)7-3-2-4-12-7/h6-7,9,12,15H,2-5H2,1H3,(H,13,19)(H,14,18)(H,16,17)/t6-,7+,9+/m1/s1. The number of aliphatic carboxylic acids is 1. The van der Waals surface area contributed by atoms with E-state index in [1.807, 2.05) is 0 Å². The summed E-state index contributed by atoms with van der Waals surface area (Å²) in [7, 11) is 0. The fourth-order valence-corrected chi connectivity index (χ4v) is 1.84. The summed E-state index contributed by atoms with van der Waals surface area (Å²) < 4.78 is 0. The molecule has 0 aromatic carbocycles. The predicted molar refractivity (Wildman–Crippen MR) is 65.3 cm³/mol. The molecule has 0 spiro atoms. The second-order valence-corrected chi connectivity index (χ2v) is 4.49. The number of nitrogens with one attached hydrogen (secondary N) is 3. The number of hydrogen-bond acceptors (Lipinski definition) is 5. The maximum Gasteiger partial charge on any atom is 0.322 e. The van der Waals surface area contributed by atoms with Gasteiger partial charge in [0, 0.05) is 0 Å². The molecule has 0 aliphatic carbocycles. The minimum Gasteiger partial charge on any atom is -0.480 e. The van der Waals surface area contributed by atoms with Crippen LogP contribution in [0.4, 0.5) is 0 Å². The molecule has 0 saturated carbocycles. The highest BCUT2D eigenvalue weighted by atomic mass is 16.4. The van der Waals surface area contributed by atoms with Crippen LogP contribution in [0.15, 0.2) is 0 Å². The van der Waals surface area contributed by atoms with Crippen LogP contribution in [0.3, 0.4) is 0 Å². The molecule has 5 N–H and O–H groups in total. The Balaban J connectivity index is 2.53. The van der Waals surface area contributed by atoms with Crippen molar-refractivity contribution >= 4 is 17.8 Å². The van der Waals surface area contributed by atoms with Crippen LogP contribution in [0.1, 0.15) is 19.8 Å². The molecule has 108 valence electrons. The second kappa shape index (κ2) is 7.05. The largest absolute Gasteiger partial charge is 0.480 e. The molecule has 1 aliphatic rings. The highest BCUT2D eigenvalue weighted by Crippen LogP contribution is 2.05. The summed E-state index contributed by atoms with van der Waals surface area (Å²) in [4.78, 5) is 33.8. The molecule has 2 amide bonds. The molecule has 1 saturated heterocycles. The predicted octanol–water partition coefficient (Wildman–Crippen LogP) is -2.20. The van der Waals surface area contributed by atoms with Crippen molar-refractivity contribution in [2.75, 3.05) is 13.1 Å². The highest BCUT2D eigenvalue weighted by Gasteiger charge is 2.30. The van der Waals surface area contributed by atoms with E-state index < -0.39 is 30.6 Å². The van der Waals surface area contributed by atoms with Gasteiger partial charge in [-0.15, -0.1) is 0 Å². The van der Waals surface area contributed by atoms with E-state index in [1.54, 1.807) is 0 Å². The van der Waals surface area contributed by atoms with Gasteiger partial charge in [-0.25, -0.2) is 0 Å². The van der Waals surface area contributed by atoms with E-state index >= 15 is 0 Å². The Morgan fingerprint density at radius 2 is 2.11 bits per heavy atom. The summed E-state index contributed by atoms with van der Waals surface area (Å²) in [5.41, 5.74) is 0. The number of hydrogen-bond donors (Lipinski definition) is 5. The first-order valence-electron chi connectivity index (χ1n) is 6.13. The lowest BCUT2D eigenvalue weighted by Gasteiger charge is -2.22. The first-order chi connectivity index (χ1) is 8.91. The van der Waals surface area contributed by atoms with Crippen molar-refractivity contribution in [1.29, 1.82) is 0 Å². The van der Waals surface area contributed by atoms with E-state index in [2.05, 4.69) is 16.0 Å². The van der Waals surface area contributed by atoms with Crippen LogP contribution in [-0.2, 0) is 14.4 Å². The molecule has 1 rings (SSSR count). The third kappa shape index (κ3) is 4.84. The molecule has 0 aromatic heterocycles. The quantitative estimate of drug-likeness (QED) is 0.374. The fraction of sp³-hybridized carbons (Fsp3) is 0.727. The molecule has 1 fully saturated rings. The van der Waals surface area contributed by atoms with Crippen molar-refractivity contribution in [1.82, 2.24) is 16.0 Å². The van der Waals surface area contributed by atoms with Gasteiger partial charge in [-0.2, -0.15) is 0 Å². The van der Waals surface area contributed by atoms with Crippen LogP contribution in [0.25, 0.3) is 0 Å². The van der Waals surface area contributed by atoms with Crippen molar-refractivity contribution in [2.24, 2.45) is 0 Å². The lowest BCUT2D eigenvalue weighted by molar-refractivity contribution is -0.139. The minimum atomic E-state index is -1.19. The number of carbonyl (C=O) groups excluding carboxylic acids is 2. The maximum absolute atomic E-state index is 11.8. The van der Waals surface area contributed by atoms with E-state index in [9.17, 15) is 19.5 Å². The number of aliphatic hydroxyl groups excluding tert-OH is 1. The number of amides is 2. The van der Waals surface area contributed by atoms with Gasteiger partial charge in [0.15, 0.2) is 0 Å². The van der Waals surface area contributed by atoms with Gasteiger partial charge in [-0.1, -0.05) is 0 Å². The highest BCUT2D eigenvalue weighted by molar-refractivity contribution is 5.91. The van der Waals surface area contributed by atoms with E-state index in [0.717, 1.165) is 13.0 Å². The zero-order chi connectivity index (χ0) is 14.4. The SMILES string of the molecule is C[C@@H](O)[C@H](NC(=O)[C@@H]1CCCN1)C(=O)NCC(=O)O. The maximum atomic E-state index is 11.8. The van der Waals surface area contributed by atoms with E-state index in [4.69, 9.17) is 5.11 Å². The number of carboxylic acid groups (broad SMARTS) is 1. The van der Waals surface area contributed by atoms with Gasteiger partial charge < -0.3 is 26.2 Å². The average molecular weight is 273 g/mol. The zero-order valence-electron chi connectivity index (χ0n) is 10.7. The van der Waals surface area contributed by atoms with Crippen molar-refractivity contribution in [3.8, 4) is 0 Å². The van der Waals surface area contributed by atoms with Crippen molar-refractivity contribution < 1.29 is 24.6 Å². The number of aliphatic hydroxyl groups is 1. The Morgan fingerprint density at radius 3 is 2.58 bits per heavy atom. The molecule has 8 nitrogen and oxygen atoms in total. The Bertz CT molecular complexity index is 352. The molecule has 8 heteroatoms. The second-order valence-electron chi connectivity index (χ2n) is 4.49. The molecule has 3 atom stereocenters. The number of rotatable bonds is 6. The normalized spacial score (nSPS) is 21.5. The minimum absolute atomic E-state index is 0.367. The Morgan fingerprint density at radius 1 is 1.42 bits per heavy atom. The van der Waals surface area contributed by atoms with Crippen LogP contribution in [0.2, 0.25) is 0 Å². The molecule has 1 heterocycles. The fourth-order valence-electron chi connectivity index (χ4n) is 1.84. The summed E-state index contributed by atoms with van der Waals surface area (Å²) in [6.07, 6.45) is 0.441. The van der Waals surface area contributed by atoms with E-state index in [0.29, 0.717) is 6.42 Å². The monoisotopic (exact) mass is 273 g/mol. The first kappa shape index (κ1) is 15.4. The third-order valence-electron chi connectivity index (χ3n) is 2.85. The Labute approximate surface area is 110 Å². The molecule has 0 aromatic rings. The lowest BCUT2D eigenvalue weighted by atomic mass is 10.1. The molecular weight excluding hydrogens is 254 g/mol. The van der Waals surface area contributed by atoms with Crippen LogP contribution < -0.4 is 16.0 Å². The smallest absolute Gasteiger partial charge is 0.322 e. The zero-order valence-corrected chi connectivity index (χ0v) is 10.7. The number of carboxylic acids is 1. The molecule has 19 heavy (non-hydrogen) atoms. The number of carbonyl (C=O) groups is 3. The Kier molecular flexibility index (Phi) is 5.71. The van der Waals surface area contributed by atoms with Crippen LogP contribution in [-0.4, -0.2) is 59.3 Å². The topological polar surface area (TPSA) is 128 Å². The molecular formula is C11H19N3O5. The van der Waals surface area contributed by atoms with Gasteiger partial charge >= 0.3 is 5.97 Å².